The van der Waals surface area contributed by atoms with Gasteiger partial charge < -0.3 is 4.74 Å². The van der Waals surface area contributed by atoms with E-state index in [0.29, 0.717) is 6.61 Å². The molecule has 2 unspecified atom stereocenters. The molecule has 30 heavy (non-hydrogen) atoms. The number of para-hydroxylation sites is 1. The maximum atomic E-state index is 6.44. The summed E-state index contributed by atoms with van der Waals surface area (Å²) in [6.45, 7) is 8.14. The Kier molecular flexibility index (Phi) is 8.28. The van der Waals surface area contributed by atoms with E-state index in [1.807, 2.05) is 11.3 Å². The molecule has 0 aliphatic carbocycles. The van der Waals surface area contributed by atoms with Gasteiger partial charge in [-0.15, -0.1) is 0 Å². The number of anilines is 1. The van der Waals surface area contributed by atoms with Crippen LogP contribution in [0.15, 0.2) is 60.7 Å². The Morgan fingerprint density at radius 3 is 2.10 bits per heavy atom. The summed E-state index contributed by atoms with van der Waals surface area (Å²) >= 11 is 0. The largest absolute Gasteiger partial charge is 0.358 e. The van der Waals surface area contributed by atoms with Gasteiger partial charge in [-0.3, -0.25) is 4.84 Å². The SMILES string of the molecule is CCCCCCON1N(c2ccccc2)C(OC)C(CC)(c2ccccc2)N1CC. The zero-order valence-corrected chi connectivity index (χ0v) is 19.0. The maximum absolute atomic E-state index is 6.44. The first-order valence-corrected chi connectivity index (χ1v) is 11.4. The van der Waals surface area contributed by atoms with Gasteiger partial charge >= 0.3 is 0 Å². The fraction of sp³-hybridized carbons (Fsp3) is 0.520. The van der Waals surface area contributed by atoms with Crippen molar-refractivity contribution in [3.8, 4) is 0 Å². The molecule has 0 amide bonds. The zero-order chi connectivity index (χ0) is 21.4. The van der Waals surface area contributed by atoms with Gasteiger partial charge in [0.1, 0.15) is 5.54 Å². The molecule has 0 saturated carbocycles. The van der Waals surface area contributed by atoms with Gasteiger partial charge in [0.25, 0.3) is 0 Å². The third-order valence-electron chi connectivity index (χ3n) is 6.04. The molecule has 164 valence electrons. The van der Waals surface area contributed by atoms with Crippen molar-refractivity contribution in [3.05, 3.63) is 66.2 Å². The van der Waals surface area contributed by atoms with Crippen LogP contribution in [0.1, 0.15) is 58.4 Å². The molecule has 1 fully saturated rings. The fourth-order valence-electron chi connectivity index (χ4n) is 4.59. The van der Waals surface area contributed by atoms with Gasteiger partial charge in [-0.05, 0) is 35.8 Å². The van der Waals surface area contributed by atoms with Crippen LogP contribution in [-0.4, -0.2) is 36.8 Å². The number of hydrazine groups is 2. The topological polar surface area (TPSA) is 28.2 Å². The van der Waals surface area contributed by atoms with Crippen molar-refractivity contribution in [2.45, 2.75) is 64.6 Å². The van der Waals surface area contributed by atoms with Crippen molar-refractivity contribution in [3.63, 3.8) is 0 Å². The molecule has 0 aromatic heterocycles. The van der Waals surface area contributed by atoms with Crippen LogP contribution in [0.2, 0.25) is 0 Å². The Morgan fingerprint density at radius 1 is 0.867 bits per heavy atom. The molecule has 1 aliphatic heterocycles. The first-order chi connectivity index (χ1) is 14.7. The van der Waals surface area contributed by atoms with Gasteiger partial charge in [-0.2, -0.15) is 5.01 Å². The summed E-state index contributed by atoms with van der Waals surface area (Å²) in [6.07, 6.45) is 5.37. The first kappa shape index (κ1) is 22.8. The Balaban J connectivity index is 2.03. The van der Waals surface area contributed by atoms with E-state index >= 15 is 0 Å². The average Bonchev–Trinajstić information content (AvgIpc) is 3.09. The lowest BCUT2D eigenvalue weighted by molar-refractivity contribution is -0.289. The standard InChI is InChI=1S/C25H37N3O2/c1-5-8-9-16-21-30-28-26(7-3)25(6-2,22-17-12-10-13-18-22)24(29-4)27(28)23-19-14-11-15-20-23/h10-15,17-20,24H,5-9,16,21H2,1-4H3. The second-order valence-electron chi connectivity index (χ2n) is 7.77. The minimum absolute atomic E-state index is 0.220. The fourth-order valence-corrected chi connectivity index (χ4v) is 4.59. The minimum Gasteiger partial charge on any atom is -0.358 e. The molecule has 0 N–H and O–H groups in total. The average molecular weight is 412 g/mol. The quantitative estimate of drug-likeness (QED) is 0.439. The van der Waals surface area contributed by atoms with E-state index in [1.165, 1.54) is 24.8 Å². The number of likely N-dealkylation sites (N-methyl/N-ethyl adjacent to an activating group) is 1. The summed E-state index contributed by atoms with van der Waals surface area (Å²) in [5, 5.41) is 6.45. The lowest BCUT2D eigenvalue weighted by Gasteiger charge is -2.39. The number of ether oxygens (including phenoxy) is 1. The zero-order valence-electron chi connectivity index (χ0n) is 19.0. The van der Waals surface area contributed by atoms with Crippen LogP contribution < -0.4 is 5.01 Å². The van der Waals surface area contributed by atoms with E-state index in [-0.39, 0.29) is 11.8 Å². The highest BCUT2D eigenvalue weighted by molar-refractivity contribution is 5.48. The number of hydrogen-bond donors (Lipinski definition) is 0. The van der Waals surface area contributed by atoms with Gasteiger partial charge in [-0.1, -0.05) is 88.6 Å². The highest BCUT2D eigenvalue weighted by atomic mass is 16.8. The summed E-state index contributed by atoms with van der Waals surface area (Å²) in [5.74, 6) is 0. The number of benzene rings is 2. The Labute approximate surface area is 182 Å². The molecular formula is C25H37N3O2. The third-order valence-corrected chi connectivity index (χ3v) is 6.04. The molecule has 0 spiro atoms. The molecule has 1 aliphatic rings. The number of nitrogens with zero attached hydrogens (tertiary/aromatic N) is 3. The Hall–Kier alpha value is -1.92. The molecule has 5 nitrogen and oxygen atoms in total. The second kappa shape index (κ2) is 10.9. The normalized spacial score (nSPS) is 22.7. The van der Waals surface area contributed by atoms with Crippen LogP contribution in [0.5, 0.6) is 0 Å². The van der Waals surface area contributed by atoms with E-state index in [9.17, 15) is 0 Å². The molecule has 3 rings (SSSR count). The summed E-state index contributed by atoms with van der Waals surface area (Å²) in [5.41, 5.74) is 1.94. The van der Waals surface area contributed by atoms with Gasteiger partial charge in [0, 0.05) is 13.7 Å². The summed E-state index contributed by atoms with van der Waals surface area (Å²) in [7, 11) is 1.80. The molecular weight excluding hydrogens is 374 g/mol. The van der Waals surface area contributed by atoms with Crippen molar-refractivity contribution >= 4 is 5.69 Å². The monoisotopic (exact) mass is 411 g/mol. The number of unbranched alkanes of at least 4 members (excludes halogenated alkanes) is 3. The van der Waals surface area contributed by atoms with E-state index in [4.69, 9.17) is 9.57 Å². The smallest absolute Gasteiger partial charge is 0.171 e. The van der Waals surface area contributed by atoms with E-state index in [2.05, 4.69) is 85.4 Å². The molecule has 0 radical (unpaired) electrons. The molecule has 1 heterocycles. The first-order valence-electron chi connectivity index (χ1n) is 11.4. The van der Waals surface area contributed by atoms with Gasteiger partial charge in [0.15, 0.2) is 6.23 Å². The highest BCUT2D eigenvalue weighted by Gasteiger charge is 2.58. The molecule has 2 aromatic rings. The van der Waals surface area contributed by atoms with Gasteiger partial charge in [-0.25, -0.2) is 5.01 Å². The van der Waals surface area contributed by atoms with E-state index in [0.717, 1.165) is 25.1 Å². The van der Waals surface area contributed by atoms with E-state index in [1.54, 1.807) is 7.11 Å². The van der Waals surface area contributed by atoms with Crippen molar-refractivity contribution in [2.75, 3.05) is 25.3 Å². The van der Waals surface area contributed by atoms with E-state index < -0.39 is 0 Å². The number of hydrogen-bond acceptors (Lipinski definition) is 5. The summed E-state index contributed by atoms with van der Waals surface area (Å²) < 4.78 is 6.21. The predicted octanol–water partition coefficient (Wildman–Crippen LogP) is 5.75. The molecule has 2 aromatic carbocycles. The lowest BCUT2D eigenvalue weighted by Crippen LogP contribution is -2.51. The van der Waals surface area contributed by atoms with Crippen LogP contribution in [0, 0.1) is 0 Å². The van der Waals surface area contributed by atoms with Crippen molar-refractivity contribution < 1.29 is 9.57 Å². The maximum Gasteiger partial charge on any atom is 0.171 e. The summed E-state index contributed by atoms with van der Waals surface area (Å²) in [4.78, 5) is 6.44. The van der Waals surface area contributed by atoms with Crippen molar-refractivity contribution in [1.29, 1.82) is 0 Å². The molecule has 2 atom stereocenters. The second-order valence-corrected chi connectivity index (χ2v) is 7.77. The Bertz CT molecular complexity index is 743. The van der Waals surface area contributed by atoms with Crippen LogP contribution in [-0.2, 0) is 15.1 Å². The molecule has 1 saturated heterocycles. The highest BCUT2D eigenvalue weighted by Crippen LogP contribution is 2.47. The van der Waals surface area contributed by atoms with Gasteiger partial charge in [0.2, 0.25) is 0 Å². The van der Waals surface area contributed by atoms with Gasteiger partial charge in [0.05, 0.1) is 12.3 Å². The third kappa shape index (κ3) is 4.26. The minimum atomic E-state index is -0.357. The van der Waals surface area contributed by atoms with Crippen molar-refractivity contribution in [1.82, 2.24) is 10.3 Å². The van der Waals surface area contributed by atoms with Crippen molar-refractivity contribution in [2.24, 2.45) is 0 Å². The molecule has 5 heteroatoms. The van der Waals surface area contributed by atoms with Crippen LogP contribution in [0.3, 0.4) is 0 Å². The van der Waals surface area contributed by atoms with Crippen LogP contribution in [0.4, 0.5) is 5.69 Å². The van der Waals surface area contributed by atoms with Crippen LogP contribution in [0.25, 0.3) is 0 Å². The van der Waals surface area contributed by atoms with Crippen LogP contribution >= 0.6 is 0 Å². The lowest BCUT2D eigenvalue weighted by atomic mass is 9.84. The molecule has 0 bridgehead atoms. The Morgan fingerprint density at radius 2 is 1.53 bits per heavy atom. The number of rotatable bonds is 11. The summed E-state index contributed by atoms with van der Waals surface area (Å²) in [6, 6.07) is 21.1. The predicted molar refractivity (Wildman–Crippen MR) is 122 cm³/mol. The number of methoxy groups -OCH3 is 1.